The molecule has 1 atom stereocenters. The number of ether oxygens (including phenoxy) is 1. The summed E-state index contributed by atoms with van der Waals surface area (Å²) < 4.78 is 5.31. The molecule has 0 radical (unpaired) electrons. The quantitative estimate of drug-likeness (QED) is 0.853. The first kappa shape index (κ1) is 15.1. The number of hydrogen-bond donors (Lipinski definition) is 0. The fourth-order valence-electron chi connectivity index (χ4n) is 2.59. The van der Waals surface area contributed by atoms with Crippen LogP contribution in [0.2, 0.25) is 0 Å². The van der Waals surface area contributed by atoms with Gasteiger partial charge in [-0.05, 0) is 44.0 Å². The second kappa shape index (κ2) is 6.45. The van der Waals surface area contributed by atoms with E-state index in [0.29, 0.717) is 12.3 Å². The standard InChI is InChI=1S/C17H20N2O2/c1-4-19-16(8-5-12(2)17(19)20)15-7-6-14(11-13(15)3)21-10-9-18/h6-8,11-12H,4-5,10H2,1-3H3. The number of allylic oxidation sites excluding steroid dienone is 1. The predicted molar refractivity (Wildman–Crippen MR) is 81.4 cm³/mol. The number of carbonyl (C=O) groups is 1. The molecular weight excluding hydrogens is 264 g/mol. The van der Waals surface area contributed by atoms with Gasteiger partial charge >= 0.3 is 0 Å². The highest BCUT2D eigenvalue weighted by Gasteiger charge is 2.27. The van der Waals surface area contributed by atoms with E-state index in [-0.39, 0.29) is 18.4 Å². The third kappa shape index (κ3) is 3.08. The summed E-state index contributed by atoms with van der Waals surface area (Å²) in [5.41, 5.74) is 3.06. The Bertz CT molecular complexity index is 614. The SMILES string of the molecule is CCN1C(=O)C(C)CC=C1c1ccc(OCC#N)cc1C. The largest absolute Gasteiger partial charge is 0.479 e. The van der Waals surface area contributed by atoms with Crippen LogP contribution in [0, 0.1) is 24.2 Å². The molecule has 21 heavy (non-hydrogen) atoms. The van der Waals surface area contributed by atoms with Gasteiger partial charge in [-0.15, -0.1) is 0 Å². The van der Waals surface area contributed by atoms with Gasteiger partial charge in [-0.2, -0.15) is 5.26 Å². The molecule has 4 nitrogen and oxygen atoms in total. The molecule has 0 fully saturated rings. The minimum absolute atomic E-state index is 0.0402. The molecule has 1 heterocycles. The first-order valence-corrected chi connectivity index (χ1v) is 7.20. The molecule has 1 amide bonds. The number of aryl methyl sites for hydroxylation is 1. The van der Waals surface area contributed by atoms with Crippen LogP contribution in [0.1, 0.15) is 31.4 Å². The Morgan fingerprint density at radius 3 is 2.86 bits per heavy atom. The van der Waals surface area contributed by atoms with Crippen molar-refractivity contribution in [2.45, 2.75) is 27.2 Å². The highest BCUT2D eigenvalue weighted by atomic mass is 16.5. The first-order chi connectivity index (χ1) is 10.1. The Kier molecular flexibility index (Phi) is 4.64. The Labute approximate surface area is 125 Å². The van der Waals surface area contributed by atoms with Gasteiger partial charge in [-0.3, -0.25) is 4.79 Å². The molecule has 0 bridgehead atoms. The van der Waals surface area contributed by atoms with Crippen molar-refractivity contribution < 1.29 is 9.53 Å². The van der Waals surface area contributed by atoms with Crippen LogP contribution in [0.25, 0.3) is 5.70 Å². The van der Waals surface area contributed by atoms with Gasteiger partial charge in [0.05, 0.1) is 0 Å². The normalized spacial score (nSPS) is 18.2. The Morgan fingerprint density at radius 1 is 1.48 bits per heavy atom. The van der Waals surface area contributed by atoms with Gasteiger partial charge in [-0.1, -0.05) is 13.0 Å². The lowest BCUT2D eigenvalue weighted by Gasteiger charge is -2.31. The number of nitriles is 1. The molecule has 0 N–H and O–H groups in total. The van der Waals surface area contributed by atoms with Gasteiger partial charge in [-0.25, -0.2) is 0 Å². The van der Waals surface area contributed by atoms with E-state index in [0.717, 1.165) is 23.2 Å². The van der Waals surface area contributed by atoms with Gasteiger partial charge in [0, 0.05) is 23.7 Å². The number of benzene rings is 1. The number of amides is 1. The zero-order valence-corrected chi connectivity index (χ0v) is 12.7. The van der Waals surface area contributed by atoms with Crippen molar-refractivity contribution in [3.63, 3.8) is 0 Å². The lowest BCUT2D eigenvalue weighted by molar-refractivity contribution is -0.131. The fourth-order valence-corrected chi connectivity index (χ4v) is 2.59. The highest BCUT2D eigenvalue weighted by Crippen LogP contribution is 2.31. The van der Waals surface area contributed by atoms with E-state index in [1.165, 1.54) is 0 Å². The van der Waals surface area contributed by atoms with Crippen LogP contribution in [0.4, 0.5) is 0 Å². The summed E-state index contributed by atoms with van der Waals surface area (Å²) in [6, 6.07) is 7.66. The lowest BCUT2D eigenvalue weighted by Crippen LogP contribution is -2.36. The maximum atomic E-state index is 12.3. The minimum Gasteiger partial charge on any atom is -0.479 e. The smallest absolute Gasteiger partial charge is 0.230 e. The van der Waals surface area contributed by atoms with Crippen molar-refractivity contribution >= 4 is 11.6 Å². The van der Waals surface area contributed by atoms with Gasteiger partial charge in [0.15, 0.2) is 6.61 Å². The summed E-state index contributed by atoms with van der Waals surface area (Å²) in [6.45, 7) is 6.65. The third-order valence-corrected chi connectivity index (χ3v) is 3.74. The zero-order valence-electron chi connectivity index (χ0n) is 12.7. The highest BCUT2D eigenvalue weighted by molar-refractivity contribution is 5.91. The summed E-state index contributed by atoms with van der Waals surface area (Å²) >= 11 is 0. The second-order valence-electron chi connectivity index (χ2n) is 5.23. The van der Waals surface area contributed by atoms with Crippen LogP contribution >= 0.6 is 0 Å². The molecular formula is C17H20N2O2. The molecule has 1 aliphatic heterocycles. The zero-order chi connectivity index (χ0) is 15.4. The Hall–Kier alpha value is -2.28. The van der Waals surface area contributed by atoms with Crippen molar-refractivity contribution in [3.8, 4) is 11.8 Å². The number of nitrogens with zero attached hydrogens (tertiary/aromatic N) is 2. The van der Waals surface area contributed by atoms with E-state index in [2.05, 4.69) is 6.08 Å². The lowest BCUT2D eigenvalue weighted by atomic mass is 9.95. The van der Waals surface area contributed by atoms with Crippen LogP contribution in [0.5, 0.6) is 5.75 Å². The Morgan fingerprint density at radius 2 is 2.24 bits per heavy atom. The van der Waals surface area contributed by atoms with E-state index in [9.17, 15) is 4.79 Å². The molecule has 0 aromatic heterocycles. The molecule has 0 spiro atoms. The molecule has 4 heteroatoms. The number of carbonyl (C=O) groups excluding carboxylic acids is 1. The molecule has 0 saturated heterocycles. The third-order valence-electron chi connectivity index (χ3n) is 3.74. The molecule has 1 aliphatic rings. The second-order valence-corrected chi connectivity index (χ2v) is 5.23. The maximum Gasteiger partial charge on any atom is 0.230 e. The van der Waals surface area contributed by atoms with Crippen molar-refractivity contribution in [1.29, 1.82) is 5.26 Å². The molecule has 2 rings (SSSR count). The molecule has 110 valence electrons. The topological polar surface area (TPSA) is 53.3 Å². The fraction of sp³-hybridized carbons (Fsp3) is 0.412. The van der Waals surface area contributed by atoms with Crippen LogP contribution < -0.4 is 4.74 Å². The van der Waals surface area contributed by atoms with Gasteiger partial charge in [0.2, 0.25) is 5.91 Å². The average Bonchev–Trinajstić information content (AvgIpc) is 2.48. The van der Waals surface area contributed by atoms with Crippen molar-refractivity contribution in [3.05, 3.63) is 35.4 Å². The van der Waals surface area contributed by atoms with Crippen molar-refractivity contribution in [1.82, 2.24) is 4.90 Å². The van der Waals surface area contributed by atoms with E-state index in [1.54, 1.807) is 0 Å². The van der Waals surface area contributed by atoms with Crippen molar-refractivity contribution in [2.75, 3.05) is 13.2 Å². The summed E-state index contributed by atoms with van der Waals surface area (Å²) in [5.74, 6) is 0.906. The van der Waals surface area contributed by atoms with Gasteiger partial charge in [0.1, 0.15) is 11.8 Å². The van der Waals surface area contributed by atoms with Crippen LogP contribution in [0.3, 0.4) is 0 Å². The minimum atomic E-state index is 0.0402. The first-order valence-electron chi connectivity index (χ1n) is 7.20. The van der Waals surface area contributed by atoms with Crippen molar-refractivity contribution in [2.24, 2.45) is 5.92 Å². The summed E-state index contributed by atoms with van der Waals surface area (Å²) in [5, 5.41) is 8.55. The van der Waals surface area contributed by atoms with E-state index >= 15 is 0 Å². The summed E-state index contributed by atoms with van der Waals surface area (Å²) in [7, 11) is 0. The van der Waals surface area contributed by atoms with Gasteiger partial charge < -0.3 is 9.64 Å². The maximum absolute atomic E-state index is 12.3. The van der Waals surface area contributed by atoms with Gasteiger partial charge in [0.25, 0.3) is 0 Å². The van der Waals surface area contributed by atoms with Crippen LogP contribution in [-0.2, 0) is 4.79 Å². The van der Waals surface area contributed by atoms with Crippen LogP contribution in [-0.4, -0.2) is 24.0 Å². The molecule has 1 aromatic carbocycles. The average molecular weight is 284 g/mol. The number of hydrogen-bond acceptors (Lipinski definition) is 3. The Balaban J connectivity index is 2.33. The van der Waals surface area contributed by atoms with Crippen LogP contribution in [0.15, 0.2) is 24.3 Å². The molecule has 1 aromatic rings. The summed E-state index contributed by atoms with van der Waals surface area (Å²) in [4.78, 5) is 14.1. The molecule has 0 aliphatic carbocycles. The van der Waals surface area contributed by atoms with E-state index in [4.69, 9.17) is 10.00 Å². The number of rotatable bonds is 4. The summed E-state index contributed by atoms with van der Waals surface area (Å²) in [6.07, 6.45) is 2.91. The molecule has 1 unspecified atom stereocenters. The predicted octanol–water partition coefficient (Wildman–Crippen LogP) is 3.13. The monoisotopic (exact) mass is 284 g/mol. The van der Waals surface area contributed by atoms with E-state index < -0.39 is 0 Å². The van der Waals surface area contributed by atoms with E-state index in [1.807, 2.05) is 49.9 Å². The molecule has 0 saturated carbocycles.